The van der Waals surface area contributed by atoms with Crippen molar-refractivity contribution in [2.45, 2.75) is 71.1 Å². The van der Waals surface area contributed by atoms with Gasteiger partial charge in [0.25, 0.3) is 0 Å². The van der Waals surface area contributed by atoms with E-state index in [4.69, 9.17) is 14.2 Å². The van der Waals surface area contributed by atoms with Gasteiger partial charge in [0, 0.05) is 32.7 Å². The SMILES string of the molecule is O=C(N[C@@H](CCCCN(CCCCN1CN(Cc2ccccc2)C(=O)N(Cc2ccccc2)C1)C(=O)OCc1ccccc1)C(=O)OCc1ccccc1)OCc1ccccc1. The van der Waals surface area contributed by atoms with Gasteiger partial charge in [0.05, 0.1) is 13.3 Å². The summed E-state index contributed by atoms with van der Waals surface area (Å²) in [5.74, 6) is -0.561. The van der Waals surface area contributed by atoms with E-state index in [9.17, 15) is 19.2 Å². The quantitative estimate of drug-likeness (QED) is 0.0417. The van der Waals surface area contributed by atoms with Crippen LogP contribution in [-0.4, -0.2) is 82.8 Å². The number of hydrogen-bond donors (Lipinski definition) is 1. The van der Waals surface area contributed by atoms with Gasteiger partial charge in [0.2, 0.25) is 0 Å². The topological polar surface area (TPSA) is 121 Å². The Bertz CT molecular complexity index is 2040. The van der Waals surface area contributed by atoms with E-state index in [0.29, 0.717) is 58.8 Å². The average molecular weight is 840 g/mol. The molecule has 0 saturated carbocycles. The lowest BCUT2D eigenvalue weighted by Gasteiger charge is -2.42. The molecule has 1 fully saturated rings. The van der Waals surface area contributed by atoms with Gasteiger partial charge < -0.3 is 34.2 Å². The Morgan fingerprint density at radius 2 is 0.952 bits per heavy atom. The molecule has 4 amide bonds. The number of benzene rings is 5. The molecule has 0 bridgehead atoms. The number of alkyl carbamates (subject to hydrolysis) is 1. The van der Waals surface area contributed by atoms with Crippen molar-refractivity contribution in [3.63, 3.8) is 0 Å². The molecule has 324 valence electrons. The molecule has 12 heteroatoms. The molecule has 6 rings (SSSR count). The Balaban J connectivity index is 1.04. The molecular weight excluding hydrogens is 783 g/mol. The number of esters is 1. The first-order chi connectivity index (χ1) is 30.4. The second-order valence-corrected chi connectivity index (χ2v) is 15.4. The predicted octanol–water partition coefficient (Wildman–Crippen LogP) is 8.97. The van der Waals surface area contributed by atoms with Crippen LogP contribution in [0.4, 0.5) is 14.4 Å². The van der Waals surface area contributed by atoms with Gasteiger partial charge >= 0.3 is 24.2 Å². The fourth-order valence-corrected chi connectivity index (χ4v) is 7.21. The van der Waals surface area contributed by atoms with Crippen LogP contribution < -0.4 is 5.32 Å². The maximum absolute atomic E-state index is 13.7. The van der Waals surface area contributed by atoms with Crippen molar-refractivity contribution in [1.82, 2.24) is 24.9 Å². The molecule has 5 aromatic carbocycles. The van der Waals surface area contributed by atoms with Gasteiger partial charge in [-0.2, -0.15) is 0 Å². The second-order valence-electron chi connectivity index (χ2n) is 15.4. The highest BCUT2D eigenvalue weighted by atomic mass is 16.6. The van der Waals surface area contributed by atoms with Crippen LogP contribution >= 0.6 is 0 Å². The van der Waals surface area contributed by atoms with Crippen LogP contribution in [0.5, 0.6) is 0 Å². The number of carbonyl (C=O) groups excluding carboxylic acids is 4. The Morgan fingerprint density at radius 1 is 0.532 bits per heavy atom. The Kier molecular flexibility index (Phi) is 17.8. The van der Waals surface area contributed by atoms with Crippen LogP contribution in [0.15, 0.2) is 152 Å². The van der Waals surface area contributed by atoms with Crippen molar-refractivity contribution < 1.29 is 33.4 Å². The van der Waals surface area contributed by atoms with E-state index >= 15 is 0 Å². The van der Waals surface area contributed by atoms with Crippen molar-refractivity contribution in [3.05, 3.63) is 179 Å². The summed E-state index contributed by atoms with van der Waals surface area (Å²) in [6.07, 6.45) is 1.73. The first-order valence-corrected chi connectivity index (χ1v) is 21.4. The van der Waals surface area contributed by atoms with E-state index in [2.05, 4.69) is 10.2 Å². The molecule has 12 nitrogen and oxygen atoms in total. The lowest BCUT2D eigenvalue weighted by Crippen LogP contribution is -2.57. The molecule has 1 saturated heterocycles. The van der Waals surface area contributed by atoms with Crippen molar-refractivity contribution in [1.29, 1.82) is 0 Å². The van der Waals surface area contributed by atoms with Crippen LogP contribution in [0.25, 0.3) is 0 Å². The summed E-state index contributed by atoms with van der Waals surface area (Å²) < 4.78 is 16.8. The number of nitrogens with one attached hydrogen (secondary N) is 1. The number of unbranched alkanes of at least 4 members (excludes halogenated alkanes) is 2. The third kappa shape index (κ3) is 15.1. The van der Waals surface area contributed by atoms with Gasteiger partial charge in [-0.05, 0) is 59.9 Å². The summed E-state index contributed by atoms with van der Waals surface area (Å²) in [5.41, 5.74) is 4.69. The number of hydrogen-bond acceptors (Lipinski definition) is 8. The minimum Gasteiger partial charge on any atom is -0.459 e. The van der Waals surface area contributed by atoms with Crippen molar-refractivity contribution in [2.24, 2.45) is 0 Å². The minimum absolute atomic E-state index is 0.00673. The zero-order chi connectivity index (χ0) is 43.2. The molecule has 1 aliphatic heterocycles. The van der Waals surface area contributed by atoms with Gasteiger partial charge in [-0.3, -0.25) is 4.90 Å². The molecule has 62 heavy (non-hydrogen) atoms. The molecule has 0 unspecified atom stereocenters. The number of nitrogens with zero attached hydrogens (tertiary/aromatic N) is 4. The summed E-state index contributed by atoms with van der Waals surface area (Å²) >= 11 is 0. The molecule has 1 atom stereocenters. The summed E-state index contributed by atoms with van der Waals surface area (Å²) in [5, 5.41) is 2.71. The third-order valence-electron chi connectivity index (χ3n) is 10.5. The molecule has 0 spiro atoms. The minimum atomic E-state index is -0.945. The molecule has 0 radical (unpaired) electrons. The van der Waals surface area contributed by atoms with Crippen LogP contribution in [0.3, 0.4) is 0 Å². The maximum atomic E-state index is 13.7. The molecule has 1 heterocycles. The normalized spacial score (nSPS) is 13.3. The van der Waals surface area contributed by atoms with Crippen molar-refractivity contribution in [3.8, 4) is 0 Å². The van der Waals surface area contributed by atoms with E-state index in [-0.39, 0.29) is 32.3 Å². The van der Waals surface area contributed by atoms with E-state index in [0.717, 1.165) is 40.8 Å². The standard InChI is InChI=1S/C50H57N5O7/c56-47(60-36-43-24-10-3-11-25-43)46(51-48(57)61-37-44-26-12-4-13-27-44)30-16-17-32-53(50(59)62-38-45-28-14-5-15-29-45)33-19-18-31-52-39-54(34-41-20-6-1-7-21-41)49(58)55(40-52)35-42-22-8-2-9-23-42/h1-15,20-29,46H,16-19,30-40H2,(H,51,57)/t46-/m0/s1. The highest BCUT2D eigenvalue weighted by molar-refractivity contribution is 5.81. The highest BCUT2D eigenvalue weighted by Gasteiger charge is 2.30. The Morgan fingerprint density at radius 3 is 1.44 bits per heavy atom. The number of rotatable bonds is 22. The van der Waals surface area contributed by atoms with Crippen LogP contribution in [0.1, 0.15) is 59.9 Å². The van der Waals surface area contributed by atoms with E-state index in [1.807, 2.05) is 161 Å². The zero-order valence-electron chi connectivity index (χ0n) is 35.3. The molecule has 1 aliphatic rings. The van der Waals surface area contributed by atoms with Gasteiger partial charge in [-0.15, -0.1) is 0 Å². The average Bonchev–Trinajstić information content (AvgIpc) is 3.31. The number of ether oxygens (including phenoxy) is 3. The van der Waals surface area contributed by atoms with Gasteiger partial charge in [-0.25, -0.2) is 19.2 Å². The Labute approximate surface area is 365 Å². The largest absolute Gasteiger partial charge is 0.459 e. The Hall–Kier alpha value is -6.66. The molecular formula is C50H57N5O7. The van der Waals surface area contributed by atoms with E-state index in [1.165, 1.54) is 0 Å². The lowest BCUT2D eigenvalue weighted by atomic mass is 10.1. The summed E-state index contributed by atoms with van der Waals surface area (Å²) in [6.45, 7) is 3.91. The molecule has 0 aromatic heterocycles. The van der Waals surface area contributed by atoms with E-state index < -0.39 is 24.2 Å². The van der Waals surface area contributed by atoms with Crippen LogP contribution in [-0.2, 0) is 51.9 Å². The molecule has 0 aliphatic carbocycles. The highest BCUT2D eigenvalue weighted by Crippen LogP contribution is 2.19. The van der Waals surface area contributed by atoms with Gasteiger partial charge in [0.1, 0.15) is 25.9 Å². The van der Waals surface area contributed by atoms with E-state index in [1.54, 1.807) is 4.90 Å². The lowest BCUT2D eigenvalue weighted by molar-refractivity contribution is -0.147. The predicted molar refractivity (Wildman–Crippen MR) is 237 cm³/mol. The smallest absolute Gasteiger partial charge is 0.410 e. The summed E-state index contributed by atoms with van der Waals surface area (Å²) in [4.78, 5) is 61.2. The summed E-state index contributed by atoms with van der Waals surface area (Å²) in [6, 6.07) is 47.3. The second kappa shape index (κ2) is 24.6. The first kappa shape index (κ1) is 44.9. The van der Waals surface area contributed by atoms with Gasteiger partial charge in [0.15, 0.2) is 0 Å². The zero-order valence-corrected chi connectivity index (χ0v) is 35.3. The fourth-order valence-electron chi connectivity index (χ4n) is 7.21. The van der Waals surface area contributed by atoms with Gasteiger partial charge in [-0.1, -0.05) is 152 Å². The number of amides is 4. The first-order valence-electron chi connectivity index (χ1n) is 21.4. The van der Waals surface area contributed by atoms with Crippen molar-refractivity contribution >= 4 is 24.2 Å². The monoisotopic (exact) mass is 839 g/mol. The number of urea groups is 1. The van der Waals surface area contributed by atoms with Crippen LogP contribution in [0, 0.1) is 0 Å². The fraction of sp³-hybridized carbons (Fsp3) is 0.320. The molecule has 1 N–H and O–H groups in total. The molecule has 5 aromatic rings. The summed E-state index contributed by atoms with van der Waals surface area (Å²) in [7, 11) is 0. The van der Waals surface area contributed by atoms with Crippen LogP contribution in [0.2, 0.25) is 0 Å². The van der Waals surface area contributed by atoms with Crippen molar-refractivity contribution in [2.75, 3.05) is 33.0 Å². The number of carbonyl (C=O) groups is 4. The maximum Gasteiger partial charge on any atom is 0.410 e. The third-order valence-corrected chi connectivity index (χ3v) is 10.5.